The van der Waals surface area contributed by atoms with Gasteiger partial charge in [-0.25, -0.2) is 4.39 Å². The predicted molar refractivity (Wildman–Crippen MR) is 77.7 cm³/mol. The van der Waals surface area contributed by atoms with E-state index in [1.165, 1.54) is 6.07 Å². The second kappa shape index (κ2) is 6.17. The standard InChI is InChI=1S/C15H15BrFNO/c1-19-12-4-2-3-10(7-12)8-15(18)13-9-11(16)5-6-14(13)17/h2-7,9,15H,8,18H2,1H3. The van der Waals surface area contributed by atoms with Gasteiger partial charge < -0.3 is 10.5 Å². The Labute approximate surface area is 120 Å². The fraction of sp³-hybridized carbons (Fsp3) is 0.200. The van der Waals surface area contributed by atoms with Gasteiger partial charge in [0.05, 0.1) is 7.11 Å². The molecule has 2 N–H and O–H groups in total. The lowest BCUT2D eigenvalue weighted by molar-refractivity contribution is 0.414. The summed E-state index contributed by atoms with van der Waals surface area (Å²) in [6, 6.07) is 12.1. The molecule has 2 rings (SSSR count). The van der Waals surface area contributed by atoms with Crippen molar-refractivity contribution in [1.82, 2.24) is 0 Å². The Morgan fingerprint density at radius 3 is 2.79 bits per heavy atom. The van der Waals surface area contributed by atoms with Crippen LogP contribution in [0.25, 0.3) is 0 Å². The van der Waals surface area contributed by atoms with E-state index in [1.807, 2.05) is 24.3 Å². The third-order valence-electron chi connectivity index (χ3n) is 2.95. The highest BCUT2D eigenvalue weighted by molar-refractivity contribution is 9.10. The molecule has 0 aliphatic carbocycles. The molecule has 0 radical (unpaired) electrons. The van der Waals surface area contributed by atoms with E-state index < -0.39 is 0 Å². The molecule has 0 aromatic heterocycles. The number of rotatable bonds is 4. The predicted octanol–water partition coefficient (Wildman–Crippen LogP) is 3.84. The summed E-state index contributed by atoms with van der Waals surface area (Å²) in [6.45, 7) is 0. The first-order valence-electron chi connectivity index (χ1n) is 5.93. The van der Waals surface area contributed by atoms with Crippen molar-refractivity contribution in [3.63, 3.8) is 0 Å². The van der Waals surface area contributed by atoms with Crippen LogP contribution in [0.5, 0.6) is 5.75 Å². The molecule has 4 heteroatoms. The molecule has 0 amide bonds. The first-order valence-corrected chi connectivity index (χ1v) is 6.73. The van der Waals surface area contributed by atoms with E-state index in [1.54, 1.807) is 19.2 Å². The minimum Gasteiger partial charge on any atom is -0.497 e. The number of benzene rings is 2. The summed E-state index contributed by atoms with van der Waals surface area (Å²) in [5.41, 5.74) is 7.62. The van der Waals surface area contributed by atoms with Crippen molar-refractivity contribution in [3.05, 3.63) is 63.9 Å². The SMILES string of the molecule is COc1cccc(CC(N)c2cc(Br)ccc2F)c1. The lowest BCUT2D eigenvalue weighted by Crippen LogP contribution is -2.15. The zero-order valence-corrected chi connectivity index (χ0v) is 12.2. The molecular formula is C15H15BrFNO. The van der Waals surface area contributed by atoms with Gasteiger partial charge >= 0.3 is 0 Å². The van der Waals surface area contributed by atoms with E-state index in [0.717, 1.165) is 15.8 Å². The number of ether oxygens (including phenoxy) is 1. The topological polar surface area (TPSA) is 35.2 Å². The number of hydrogen-bond acceptors (Lipinski definition) is 2. The maximum Gasteiger partial charge on any atom is 0.128 e. The molecule has 0 saturated carbocycles. The number of hydrogen-bond donors (Lipinski definition) is 1. The van der Waals surface area contributed by atoms with E-state index in [0.29, 0.717) is 12.0 Å². The smallest absolute Gasteiger partial charge is 0.128 e. The van der Waals surface area contributed by atoms with Crippen molar-refractivity contribution in [2.45, 2.75) is 12.5 Å². The Kier molecular flexibility index (Phi) is 4.56. The summed E-state index contributed by atoms with van der Waals surface area (Å²) in [5, 5.41) is 0. The molecule has 2 aromatic carbocycles. The molecule has 19 heavy (non-hydrogen) atoms. The van der Waals surface area contributed by atoms with Gasteiger partial charge in [0.25, 0.3) is 0 Å². The van der Waals surface area contributed by atoms with Crippen LogP contribution in [0.1, 0.15) is 17.2 Å². The Balaban J connectivity index is 2.20. The number of methoxy groups -OCH3 is 1. The Hall–Kier alpha value is -1.39. The van der Waals surface area contributed by atoms with Crippen molar-refractivity contribution < 1.29 is 9.13 Å². The van der Waals surface area contributed by atoms with E-state index in [9.17, 15) is 4.39 Å². The van der Waals surface area contributed by atoms with Crippen molar-refractivity contribution in [1.29, 1.82) is 0 Å². The van der Waals surface area contributed by atoms with Gasteiger partial charge in [0.2, 0.25) is 0 Å². The van der Waals surface area contributed by atoms with Gasteiger partial charge in [-0.05, 0) is 42.3 Å². The van der Waals surface area contributed by atoms with Gasteiger partial charge in [-0.15, -0.1) is 0 Å². The van der Waals surface area contributed by atoms with Crippen molar-refractivity contribution in [2.24, 2.45) is 5.73 Å². The van der Waals surface area contributed by atoms with Gasteiger partial charge in [0, 0.05) is 16.1 Å². The minimum atomic E-state index is -0.385. The highest BCUT2D eigenvalue weighted by Gasteiger charge is 2.13. The molecule has 100 valence electrons. The van der Waals surface area contributed by atoms with Crippen molar-refractivity contribution in [3.8, 4) is 5.75 Å². The zero-order chi connectivity index (χ0) is 13.8. The van der Waals surface area contributed by atoms with Crippen LogP contribution >= 0.6 is 15.9 Å². The normalized spacial score (nSPS) is 12.2. The van der Waals surface area contributed by atoms with Crippen LogP contribution in [-0.2, 0) is 6.42 Å². The summed E-state index contributed by atoms with van der Waals surface area (Å²) in [7, 11) is 1.62. The second-order valence-corrected chi connectivity index (χ2v) is 5.24. The summed E-state index contributed by atoms with van der Waals surface area (Å²) >= 11 is 3.33. The zero-order valence-electron chi connectivity index (χ0n) is 10.6. The molecule has 0 spiro atoms. The summed E-state index contributed by atoms with van der Waals surface area (Å²) in [5.74, 6) is 0.498. The Bertz CT molecular complexity index is 574. The van der Waals surface area contributed by atoms with Crippen LogP contribution < -0.4 is 10.5 Å². The third-order valence-corrected chi connectivity index (χ3v) is 3.44. The fourth-order valence-corrected chi connectivity index (χ4v) is 2.34. The molecule has 2 nitrogen and oxygen atoms in total. The largest absolute Gasteiger partial charge is 0.497 e. The van der Waals surface area contributed by atoms with Crippen LogP contribution in [0.15, 0.2) is 46.9 Å². The quantitative estimate of drug-likeness (QED) is 0.927. The molecular weight excluding hydrogens is 309 g/mol. The van der Waals surface area contributed by atoms with Crippen LogP contribution in [0, 0.1) is 5.82 Å². The Morgan fingerprint density at radius 2 is 2.05 bits per heavy atom. The van der Waals surface area contributed by atoms with Crippen LogP contribution in [0.4, 0.5) is 4.39 Å². The monoisotopic (exact) mass is 323 g/mol. The Morgan fingerprint density at radius 1 is 1.26 bits per heavy atom. The van der Waals surface area contributed by atoms with Crippen LogP contribution in [0.3, 0.4) is 0 Å². The van der Waals surface area contributed by atoms with Crippen molar-refractivity contribution >= 4 is 15.9 Å². The molecule has 0 saturated heterocycles. The first-order chi connectivity index (χ1) is 9.10. The average Bonchev–Trinajstić information content (AvgIpc) is 2.41. The second-order valence-electron chi connectivity index (χ2n) is 4.33. The summed E-state index contributed by atoms with van der Waals surface area (Å²) < 4.78 is 19.7. The summed E-state index contributed by atoms with van der Waals surface area (Å²) in [4.78, 5) is 0. The maximum atomic E-state index is 13.7. The lowest BCUT2D eigenvalue weighted by Gasteiger charge is -2.14. The molecule has 1 unspecified atom stereocenters. The van der Waals surface area contributed by atoms with E-state index in [2.05, 4.69) is 15.9 Å². The van der Waals surface area contributed by atoms with Crippen LogP contribution in [0.2, 0.25) is 0 Å². The highest BCUT2D eigenvalue weighted by Crippen LogP contribution is 2.24. The minimum absolute atomic E-state index is 0.279. The molecule has 0 bridgehead atoms. The molecule has 0 aliphatic rings. The van der Waals surface area contributed by atoms with Gasteiger partial charge in [-0.1, -0.05) is 28.1 Å². The van der Waals surface area contributed by atoms with Crippen LogP contribution in [-0.4, -0.2) is 7.11 Å². The molecule has 0 heterocycles. The van der Waals surface area contributed by atoms with E-state index in [-0.39, 0.29) is 11.9 Å². The molecule has 1 atom stereocenters. The van der Waals surface area contributed by atoms with Gasteiger partial charge in [0.1, 0.15) is 11.6 Å². The van der Waals surface area contributed by atoms with Crippen molar-refractivity contribution in [2.75, 3.05) is 7.11 Å². The first kappa shape index (κ1) is 14.0. The van der Waals surface area contributed by atoms with E-state index in [4.69, 9.17) is 10.5 Å². The third kappa shape index (κ3) is 3.55. The van der Waals surface area contributed by atoms with Gasteiger partial charge in [-0.2, -0.15) is 0 Å². The van der Waals surface area contributed by atoms with Gasteiger partial charge in [0.15, 0.2) is 0 Å². The molecule has 0 aliphatic heterocycles. The number of nitrogens with two attached hydrogens (primary N) is 1. The van der Waals surface area contributed by atoms with Gasteiger partial charge in [-0.3, -0.25) is 0 Å². The fourth-order valence-electron chi connectivity index (χ4n) is 1.96. The molecule has 0 fully saturated rings. The average molecular weight is 324 g/mol. The highest BCUT2D eigenvalue weighted by atomic mass is 79.9. The van der Waals surface area contributed by atoms with E-state index >= 15 is 0 Å². The molecule has 2 aromatic rings. The number of halogens is 2. The summed E-state index contributed by atoms with van der Waals surface area (Å²) in [6.07, 6.45) is 0.560. The lowest BCUT2D eigenvalue weighted by atomic mass is 9.99. The maximum absolute atomic E-state index is 13.7.